The van der Waals surface area contributed by atoms with Crippen LogP contribution in [-0.4, -0.2) is 57.9 Å². The second kappa shape index (κ2) is 12.5. The Labute approximate surface area is 223 Å². The number of carboxylic acids is 1. The van der Waals surface area contributed by atoms with Gasteiger partial charge in [-0.25, -0.2) is 4.98 Å². The number of nitrogens with zero attached hydrogens (tertiary/aromatic N) is 3. The van der Waals surface area contributed by atoms with E-state index in [-0.39, 0.29) is 18.9 Å². The molecule has 0 atom stereocenters. The van der Waals surface area contributed by atoms with Crippen LogP contribution < -0.4 is 16.8 Å². The number of carboxylic acid groups (broad SMARTS) is 1. The van der Waals surface area contributed by atoms with Gasteiger partial charge in [-0.2, -0.15) is 0 Å². The number of fused-ring (bicyclic) bond motifs is 2. The minimum Gasteiger partial charge on any atom is -0.480 e. The average molecular weight is 517 g/mol. The van der Waals surface area contributed by atoms with Crippen LogP contribution in [0.3, 0.4) is 0 Å². The molecule has 3 heterocycles. The molecule has 2 aliphatic heterocycles. The van der Waals surface area contributed by atoms with E-state index in [9.17, 15) is 9.59 Å². The van der Waals surface area contributed by atoms with Crippen LogP contribution in [0.5, 0.6) is 0 Å². The van der Waals surface area contributed by atoms with E-state index in [1.165, 1.54) is 17.7 Å². The summed E-state index contributed by atoms with van der Waals surface area (Å²) in [5, 5.41) is 11.8. The van der Waals surface area contributed by atoms with Gasteiger partial charge in [0.2, 0.25) is 5.91 Å². The van der Waals surface area contributed by atoms with Gasteiger partial charge < -0.3 is 21.9 Å². The number of benzene rings is 2. The number of amides is 1. The van der Waals surface area contributed by atoms with E-state index >= 15 is 0 Å². The van der Waals surface area contributed by atoms with Crippen LogP contribution in [0.15, 0.2) is 54.6 Å². The van der Waals surface area contributed by atoms with Gasteiger partial charge in [0.15, 0.2) is 0 Å². The van der Waals surface area contributed by atoms with E-state index in [4.69, 9.17) is 16.6 Å². The predicted octanol–water partition coefficient (Wildman–Crippen LogP) is 2.93. The van der Waals surface area contributed by atoms with Crippen LogP contribution in [0.1, 0.15) is 34.9 Å². The second-order valence-corrected chi connectivity index (χ2v) is 9.76. The number of aromatic nitrogens is 1. The second-order valence-electron chi connectivity index (χ2n) is 9.76. The van der Waals surface area contributed by atoms with E-state index in [1.807, 2.05) is 29.2 Å². The molecule has 3 aromatic rings. The smallest absolute Gasteiger partial charge is 0.317 e. The number of nitrogen functional groups attached to an aromatic ring is 2. The molecule has 1 amide bonds. The molecule has 2 aliphatic rings. The molecular formula is C29H36N6O3. The number of rotatable bonds is 6. The van der Waals surface area contributed by atoms with Gasteiger partial charge in [0.1, 0.15) is 5.82 Å². The van der Waals surface area contributed by atoms with Gasteiger partial charge >= 0.3 is 5.97 Å². The zero-order chi connectivity index (χ0) is 27.1. The first-order chi connectivity index (χ1) is 18.3. The molecule has 0 fully saturated rings. The Morgan fingerprint density at radius 1 is 0.921 bits per heavy atom. The first-order valence-electron chi connectivity index (χ1n) is 13.0. The zero-order valence-corrected chi connectivity index (χ0v) is 21.8. The summed E-state index contributed by atoms with van der Waals surface area (Å²) in [6, 6.07) is 17.2. The lowest BCUT2D eigenvalue weighted by Crippen LogP contribution is -2.34. The molecule has 6 N–H and O–H groups in total. The molecule has 1 aromatic heterocycles. The maximum absolute atomic E-state index is 12.2. The SMILES string of the molecule is CCN1CCc2cc(N)ccc2C1.Nc1cccc(CC(=O)Nc2ccc3c(c2)CCN(CC(=O)O)C3)n1. The van der Waals surface area contributed by atoms with Crippen molar-refractivity contribution in [2.75, 3.05) is 43.0 Å². The van der Waals surface area contributed by atoms with Crippen molar-refractivity contribution in [2.24, 2.45) is 0 Å². The van der Waals surface area contributed by atoms with Gasteiger partial charge in [-0.05, 0) is 78.0 Å². The number of carbonyl (C=O) groups is 2. The monoisotopic (exact) mass is 516 g/mol. The lowest BCUT2D eigenvalue weighted by Gasteiger charge is -2.27. The number of nitrogens with one attached hydrogen (secondary N) is 1. The Kier molecular flexibility index (Phi) is 8.93. The summed E-state index contributed by atoms with van der Waals surface area (Å²) in [6.45, 7) is 6.98. The van der Waals surface area contributed by atoms with E-state index in [2.05, 4.69) is 34.3 Å². The summed E-state index contributed by atoms with van der Waals surface area (Å²) in [5.74, 6) is -0.575. The number of anilines is 3. The van der Waals surface area contributed by atoms with Crippen LogP contribution in [0.2, 0.25) is 0 Å². The largest absolute Gasteiger partial charge is 0.480 e. The highest BCUT2D eigenvalue weighted by Gasteiger charge is 2.19. The van der Waals surface area contributed by atoms with E-state index in [0.717, 1.165) is 48.4 Å². The minimum absolute atomic E-state index is 0.0468. The van der Waals surface area contributed by atoms with E-state index < -0.39 is 5.97 Å². The van der Waals surface area contributed by atoms with Crippen molar-refractivity contribution < 1.29 is 14.7 Å². The highest BCUT2D eigenvalue weighted by atomic mass is 16.4. The molecule has 9 heteroatoms. The number of pyridine rings is 1. The summed E-state index contributed by atoms with van der Waals surface area (Å²) in [7, 11) is 0. The quantitative estimate of drug-likeness (QED) is 0.367. The summed E-state index contributed by atoms with van der Waals surface area (Å²) in [4.78, 5) is 31.5. The molecule has 9 nitrogen and oxygen atoms in total. The molecule has 38 heavy (non-hydrogen) atoms. The molecule has 0 saturated heterocycles. The van der Waals surface area contributed by atoms with Crippen molar-refractivity contribution in [3.05, 3.63) is 82.5 Å². The molecule has 0 saturated carbocycles. The fourth-order valence-electron chi connectivity index (χ4n) is 4.88. The summed E-state index contributed by atoms with van der Waals surface area (Å²) < 4.78 is 0. The zero-order valence-electron chi connectivity index (χ0n) is 21.8. The van der Waals surface area contributed by atoms with E-state index in [0.29, 0.717) is 24.6 Å². The fourth-order valence-corrected chi connectivity index (χ4v) is 4.88. The van der Waals surface area contributed by atoms with E-state index in [1.54, 1.807) is 18.2 Å². The van der Waals surface area contributed by atoms with Crippen molar-refractivity contribution in [3.8, 4) is 0 Å². The third kappa shape index (κ3) is 7.53. The lowest BCUT2D eigenvalue weighted by molar-refractivity contribution is -0.138. The molecule has 0 radical (unpaired) electrons. The first kappa shape index (κ1) is 27.1. The predicted molar refractivity (Wildman–Crippen MR) is 150 cm³/mol. The minimum atomic E-state index is -0.817. The van der Waals surface area contributed by atoms with Crippen LogP contribution in [0, 0.1) is 0 Å². The third-order valence-corrected chi connectivity index (χ3v) is 6.88. The molecule has 0 bridgehead atoms. The maximum Gasteiger partial charge on any atom is 0.317 e. The highest BCUT2D eigenvalue weighted by Crippen LogP contribution is 2.23. The number of likely N-dealkylation sites (N-methyl/N-ethyl adjacent to an activating group) is 1. The Hall–Kier alpha value is -3.95. The van der Waals surface area contributed by atoms with Gasteiger partial charge in [-0.15, -0.1) is 0 Å². The lowest BCUT2D eigenvalue weighted by atomic mass is 9.99. The number of aliphatic carboxylic acids is 1. The standard InChI is InChI=1S/C18H20N4O3.C11H16N2/c19-16-3-1-2-14(20-16)9-17(23)21-15-5-4-13-10-22(11-18(24)25)7-6-12(13)8-15;1-2-13-6-5-9-7-11(12)4-3-10(9)8-13/h1-5,8H,6-7,9-11H2,(H2,19,20)(H,21,23)(H,24,25);3-4,7H,2,5-6,8,12H2,1H3. The van der Waals surface area contributed by atoms with Crippen molar-refractivity contribution >= 4 is 29.1 Å². The molecule has 5 rings (SSSR count). The Bertz CT molecular complexity index is 1300. The summed E-state index contributed by atoms with van der Waals surface area (Å²) >= 11 is 0. The van der Waals surface area contributed by atoms with Crippen LogP contribution >= 0.6 is 0 Å². The van der Waals surface area contributed by atoms with Crippen LogP contribution in [0.25, 0.3) is 0 Å². The maximum atomic E-state index is 12.2. The number of hydrogen-bond donors (Lipinski definition) is 4. The van der Waals surface area contributed by atoms with Gasteiger partial charge in [0, 0.05) is 37.6 Å². The fraction of sp³-hybridized carbons (Fsp3) is 0.345. The highest BCUT2D eigenvalue weighted by molar-refractivity contribution is 5.92. The van der Waals surface area contributed by atoms with Crippen molar-refractivity contribution in [1.29, 1.82) is 0 Å². The topological polar surface area (TPSA) is 138 Å². The summed E-state index contributed by atoms with van der Waals surface area (Å²) in [5.41, 5.74) is 18.7. The Morgan fingerprint density at radius 3 is 2.32 bits per heavy atom. The molecule has 0 spiro atoms. The van der Waals surface area contributed by atoms with Gasteiger partial charge in [0.05, 0.1) is 18.7 Å². The van der Waals surface area contributed by atoms with Gasteiger partial charge in [0.25, 0.3) is 0 Å². The van der Waals surface area contributed by atoms with Crippen molar-refractivity contribution in [2.45, 2.75) is 39.3 Å². The van der Waals surface area contributed by atoms with Gasteiger partial charge in [-0.3, -0.25) is 19.4 Å². The number of hydrogen-bond acceptors (Lipinski definition) is 7. The Morgan fingerprint density at radius 2 is 1.61 bits per heavy atom. The molecule has 0 unspecified atom stereocenters. The molecule has 2 aromatic carbocycles. The normalized spacial score (nSPS) is 15.0. The summed E-state index contributed by atoms with van der Waals surface area (Å²) in [6.07, 6.45) is 2.08. The molecule has 200 valence electrons. The van der Waals surface area contributed by atoms with Crippen molar-refractivity contribution in [1.82, 2.24) is 14.8 Å². The van der Waals surface area contributed by atoms with Gasteiger partial charge in [-0.1, -0.05) is 25.1 Å². The third-order valence-electron chi connectivity index (χ3n) is 6.88. The average Bonchev–Trinajstić information content (AvgIpc) is 2.88. The van der Waals surface area contributed by atoms with Crippen LogP contribution in [-0.2, 0) is 41.9 Å². The first-order valence-corrected chi connectivity index (χ1v) is 13.0. The number of nitrogens with two attached hydrogens (primary N) is 2. The van der Waals surface area contributed by atoms with Crippen molar-refractivity contribution in [3.63, 3.8) is 0 Å². The molecular weight excluding hydrogens is 480 g/mol. The Balaban J connectivity index is 0.000000216. The molecule has 0 aliphatic carbocycles. The number of carbonyl (C=O) groups excluding carboxylic acids is 1. The van der Waals surface area contributed by atoms with Crippen LogP contribution in [0.4, 0.5) is 17.2 Å².